The van der Waals surface area contributed by atoms with E-state index >= 15 is 0 Å². The summed E-state index contributed by atoms with van der Waals surface area (Å²) in [6.07, 6.45) is 1.83. The number of anilines is 1. The highest BCUT2D eigenvalue weighted by atomic mass is 32.1. The molecule has 0 spiro atoms. The Labute approximate surface area is 170 Å². The molecule has 0 aliphatic carbocycles. The first kappa shape index (κ1) is 18.7. The summed E-state index contributed by atoms with van der Waals surface area (Å²) in [7, 11) is 0. The van der Waals surface area contributed by atoms with E-state index in [0.29, 0.717) is 0 Å². The first-order valence-electron chi connectivity index (χ1n) is 9.73. The highest BCUT2D eigenvalue weighted by Crippen LogP contribution is 2.27. The monoisotopic (exact) mass is 394 g/mol. The molecule has 1 saturated heterocycles. The van der Waals surface area contributed by atoms with Gasteiger partial charge in [-0.25, -0.2) is 4.98 Å². The minimum absolute atomic E-state index is 0.137. The van der Waals surface area contributed by atoms with E-state index in [4.69, 9.17) is 0 Å². The number of benzene rings is 1. The van der Waals surface area contributed by atoms with Gasteiger partial charge in [-0.1, -0.05) is 30.3 Å². The van der Waals surface area contributed by atoms with Gasteiger partial charge < -0.3 is 14.4 Å². The maximum Gasteiger partial charge on any atom is 0.255 e. The highest BCUT2D eigenvalue weighted by Gasteiger charge is 2.27. The average Bonchev–Trinajstić information content (AvgIpc) is 3.36. The Morgan fingerprint density at radius 2 is 1.82 bits per heavy atom. The van der Waals surface area contributed by atoms with Crippen LogP contribution in [0.4, 0.5) is 5.13 Å². The Hall–Kier alpha value is -2.60. The molecule has 1 atom stereocenters. The third-order valence-corrected chi connectivity index (χ3v) is 6.47. The SMILES string of the molecule is Cc1cc(C(=O)N2CCN(c3nccs3)CC2)c(C)n1[C@@H](C)c1ccccc1. The summed E-state index contributed by atoms with van der Waals surface area (Å²) in [4.78, 5) is 21.8. The lowest BCUT2D eigenvalue weighted by Gasteiger charge is -2.34. The van der Waals surface area contributed by atoms with Gasteiger partial charge in [0, 0.05) is 49.1 Å². The Kier molecular flexibility index (Phi) is 5.22. The summed E-state index contributed by atoms with van der Waals surface area (Å²) in [6.45, 7) is 9.47. The summed E-state index contributed by atoms with van der Waals surface area (Å²) >= 11 is 1.65. The van der Waals surface area contributed by atoms with Crippen LogP contribution in [0.15, 0.2) is 48.0 Å². The fraction of sp³-hybridized carbons (Fsp3) is 0.364. The Morgan fingerprint density at radius 1 is 1.11 bits per heavy atom. The van der Waals surface area contributed by atoms with E-state index in [9.17, 15) is 4.79 Å². The van der Waals surface area contributed by atoms with Crippen molar-refractivity contribution in [3.63, 3.8) is 0 Å². The fourth-order valence-electron chi connectivity index (χ4n) is 4.11. The molecule has 4 rings (SSSR count). The minimum Gasteiger partial charge on any atom is -0.345 e. The van der Waals surface area contributed by atoms with E-state index < -0.39 is 0 Å². The van der Waals surface area contributed by atoms with Crippen LogP contribution in [0.5, 0.6) is 0 Å². The predicted molar refractivity (Wildman–Crippen MR) is 114 cm³/mol. The lowest BCUT2D eigenvalue weighted by atomic mass is 10.1. The molecule has 0 bridgehead atoms. The minimum atomic E-state index is 0.137. The van der Waals surface area contributed by atoms with Crippen LogP contribution < -0.4 is 4.90 Å². The Balaban J connectivity index is 1.51. The molecule has 1 aliphatic rings. The van der Waals surface area contributed by atoms with Crippen molar-refractivity contribution in [2.75, 3.05) is 31.1 Å². The van der Waals surface area contributed by atoms with E-state index in [2.05, 4.69) is 59.5 Å². The lowest BCUT2D eigenvalue weighted by molar-refractivity contribution is 0.0746. The molecule has 28 heavy (non-hydrogen) atoms. The van der Waals surface area contributed by atoms with Gasteiger partial charge in [-0.05, 0) is 32.4 Å². The van der Waals surface area contributed by atoms with Crippen molar-refractivity contribution >= 4 is 22.4 Å². The molecule has 1 aliphatic heterocycles. The van der Waals surface area contributed by atoms with Crippen LogP contribution in [-0.2, 0) is 0 Å². The van der Waals surface area contributed by atoms with Crippen molar-refractivity contribution in [3.8, 4) is 0 Å². The van der Waals surface area contributed by atoms with Crippen LogP contribution >= 0.6 is 11.3 Å². The number of carbonyl (C=O) groups is 1. The second-order valence-electron chi connectivity index (χ2n) is 7.34. The number of hydrogen-bond acceptors (Lipinski definition) is 4. The van der Waals surface area contributed by atoms with Gasteiger partial charge in [0.2, 0.25) is 0 Å². The lowest BCUT2D eigenvalue weighted by Crippen LogP contribution is -2.48. The van der Waals surface area contributed by atoms with E-state index in [1.54, 1.807) is 11.3 Å². The summed E-state index contributed by atoms with van der Waals surface area (Å²) in [5, 5.41) is 3.04. The zero-order valence-electron chi connectivity index (χ0n) is 16.6. The number of aromatic nitrogens is 2. The van der Waals surface area contributed by atoms with E-state index in [1.807, 2.05) is 28.6 Å². The third kappa shape index (κ3) is 3.44. The topological polar surface area (TPSA) is 41.4 Å². The predicted octanol–water partition coefficient (Wildman–Crippen LogP) is 4.13. The molecular weight excluding hydrogens is 368 g/mol. The molecule has 3 aromatic rings. The number of thiazole rings is 1. The second-order valence-corrected chi connectivity index (χ2v) is 8.21. The second kappa shape index (κ2) is 7.80. The molecule has 1 amide bonds. The van der Waals surface area contributed by atoms with Crippen LogP contribution in [0.2, 0.25) is 0 Å². The van der Waals surface area contributed by atoms with Crippen molar-refractivity contribution in [3.05, 3.63) is 70.5 Å². The molecule has 1 aromatic carbocycles. The fourth-order valence-corrected chi connectivity index (χ4v) is 4.81. The van der Waals surface area contributed by atoms with Gasteiger partial charge in [0.1, 0.15) is 0 Å². The largest absolute Gasteiger partial charge is 0.345 e. The maximum atomic E-state index is 13.2. The molecular formula is C22H26N4OS. The molecule has 3 heterocycles. The van der Waals surface area contributed by atoms with Crippen LogP contribution in [-0.4, -0.2) is 46.5 Å². The quantitative estimate of drug-likeness (QED) is 0.668. The van der Waals surface area contributed by atoms with Crippen LogP contribution in [0.25, 0.3) is 0 Å². The summed E-state index contributed by atoms with van der Waals surface area (Å²) in [6, 6.07) is 12.7. The van der Waals surface area contributed by atoms with Gasteiger partial charge in [0.25, 0.3) is 5.91 Å². The zero-order valence-corrected chi connectivity index (χ0v) is 17.4. The summed E-state index contributed by atoms with van der Waals surface area (Å²) < 4.78 is 2.27. The van der Waals surface area contributed by atoms with Crippen LogP contribution in [0.1, 0.15) is 40.3 Å². The standard InChI is InChI=1S/C22H26N4OS/c1-16-15-20(18(3)26(16)17(2)19-7-5-4-6-8-19)21(27)24-10-12-25(13-11-24)22-23-9-14-28-22/h4-9,14-15,17H,10-13H2,1-3H3/t17-/m0/s1. The van der Waals surface area contributed by atoms with E-state index in [1.165, 1.54) is 5.56 Å². The first-order chi connectivity index (χ1) is 13.6. The number of amides is 1. The molecule has 1 fully saturated rings. The number of rotatable bonds is 4. The average molecular weight is 395 g/mol. The molecule has 2 aromatic heterocycles. The zero-order chi connectivity index (χ0) is 19.7. The number of piperazine rings is 1. The number of hydrogen-bond donors (Lipinski definition) is 0. The van der Waals surface area contributed by atoms with E-state index in [-0.39, 0.29) is 11.9 Å². The molecule has 0 unspecified atom stereocenters. The van der Waals surface area contributed by atoms with Gasteiger partial charge in [0.05, 0.1) is 11.6 Å². The highest BCUT2D eigenvalue weighted by molar-refractivity contribution is 7.13. The van der Waals surface area contributed by atoms with E-state index in [0.717, 1.165) is 48.3 Å². The van der Waals surface area contributed by atoms with Crippen molar-refractivity contribution in [2.45, 2.75) is 26.8 Å². The first-order valence-corrected chi connectivity index (χ1v) is 10.6. The van der Waals surface area contributed by atoms with Crippen molar-refractivity contribution in [1.82, 2.24) is 14.5 Å². The van der Waals surface area contributed by atoms with Crippen molar-refractivity contribution in [1.29, 1.82) is 0 Å². The summed E-state index contributed by atoms with van der Waals surface area (Å²) in [5.74, 6) is 0.137. The normalized spacial score (nSPS) is 15.7. The van der Waals surface area contributed by atoms with Gasteiger partial charge >= 0.3 is 0 Å². The molecule has 5 nitrogen and oxygen atoms in total. The van der Waals surface area contributed by atoms with Gasteiger partial charge in [-0.2, -0.15) is 0 Å². The molecule has 0 N–H and O–H groups in total. The van der Waals surface area contributed by atoms with Crippen molar-refractivity contribution in [2.24, 2.45) is 0 Å². The van der Waals surface area contributed by atoms with Gasteiger partial charge in [0.15, 0.2) is 5.13 Å². The number of aryl methyl sites for hydroxylation is 1. The Morgan fingerprint density at radius 3 is 2.46 bits per heavy atom. The number of nitrogens with zero attached hydrogens (tertiary/aromatic N) is 4. The van der Waals surface area contributed by atoms with Crippen molar-refractivity contribution < 1.29 is 4.79 Å². The molecule has 0 radical (unpaired) electrons. The molecule has 0 saturated carbocycles. The Bertz CT molecular complexity index is 941. The smallest absolute Gasteiger partial charge is 0.255 e. The summed E-state index contributed by atoms with van der Waals surface area (Å²) in [5.41, 5.74) is 4.24. The van der Waals surface area contributed by atoms with Gasteiger partial charge in [-0.3, -0.25) is 4.79 Å². The third-order valence-electron chi connectivity index (χ3n) is 5.64. The molecule has 6 heteroatoms. The van der Waals surface area contributed by atoms with Crippen LogP contribution in [0.3, 0.4) is 0 Å². The molecule has 146 valence electrons. The van der Waals surface area contributed by atoms with Crippen LogP contribution in [0, 0.1) is 13.8 Å². The van der Waals surface area contributed by atoms with Gasteiger partial charge in [-0.15, -0.1) is 11.3 Å². The number of carbonyl (C=O) groups excluding carboxylic acids is 1. The maximum absolute atomic E-state index is 13.2.